The third-order valence-corrected chi connectivity index (χ3v) is 9.15. The summed E-state index contributed by atoms with van der Waals surface area (Å²) in [5, 5.41) is 7.53. The quantitative estimate of drug-likeness (QED) is 0.144. The van der Waals surface area contributed by atoms with Gasteiger partial charge in [-0.25, -0.2) is 9.97 Å². The number of aromatic nitrogens is 3. The van der Waals surface area contributed by atoms with E-state index >= 15 is 0 Å². The summed E-state index contributed by atoms with van der Waals surface area (Å²) in [4.78, 5) is 14.5. The number of benzene rings is 7. The topological polar surface area (TPSA) is 38.7 Å². The Morgan fingerprint density at radius 2 is 0.979 bits per heavy atom. The van der Waals surface area contributed by atoms with Crippen molar-refractivity contribution in [2.45, 2.75) is 0 Å². The second-order valence-corrected chi connectivity index (χ2v) is 12.1. The molecule has 0 aliphatic heterocycles. The Kier molecular flexibility index (Phi) is 6.80. The van der Waals surface area contributed by atoms with E-state index in [-0.39, 0.29) is 0 Å². The predicted molar refractivity (Wildman–Crippen MR) is 200 cm³/mol. The number of hydrogen-bond donors (Lipinski definition) is 0. The first-order valence-electron chi connectivity index (χ1n) is 16.2. The van der Waals surface area contributed by atoms with Crippen molar-refractivity contribution in [3.05, 3.63) is 176 Å². The molecule has 0 radical (unpaired) electrons. The van der Waals surface area contributed by atoms with Gasteiger partial charge in [-0.1, -0.05) is 140 Å². The van der Waals surface area contributed by atoms with Crippen LogP contribution >= 0.6 is 0 Å². The van der Waals surface area contributed by atoms with Gasteiger partial charge in [0, 0.05) is 34.6 Å². The zero-order chi connectivity index (χ0) is 31.9. The third-order valence-electron chi connectivity index (χ3n) is 9.15. The van der Waals surface area contributed by atoms with Crippen molar-refractivity contribution in [1.29, 1.82) is 0 Å². The van der Waals surface area contributed by atoms with Crippen molar-refractivity contribution in [3.8, 4) is 56.2 Å². The highest BCUT2D eigenvalue weighted by Gasteiger charge is 2.15. The van der Waals surface area contributed by atoms with Gasteiger partial charge in [0.2, 0.25) is 0 Å². The van der Waals surface area contributed by atoms with E-state index in [1.165, 1.54) is 43.4 Å². The number of rotatable bonds is 5. The van der Waals surface area contributed by atoms with Crippen molar-refractivity contribution in [1.82, 2.24) is 15.0 Å². The van der Waals surface area contributed by atoms with Gasteiger partial charge in [0.15, 0.2) is 5.82 Å². The van der Waals surface area contributed by atoms with Crippen molar-refractivity contribution in [2.24, 2.45) is 0 Å². The zero-order valence-corrected chi connectivity index (χ0v) is 26.1. The zero-order valence-electron chi connectivity index (χ0n) is 26.1. The standard InChI is InChI=1S/C45H29N3/c1-2-11-31(12-3-1)42-28-43(48-45(47-42)36-15-8-14-34(26-36)37-16-9-25-46-29-37)32-19-21-33(22-20-32)44-39-18-7-5-13-35(39)27-41-38-17-6-4-10-30(38)23-24-40(41)44/h1-29H. The molecular formula is C45H29N3. The highest BCUT2D eigenvalue weighted by Crippen LogP contribution is 2.40. The molecule has 0 atom stereocenters. The van der Waals surface area contributed by atoms with Crippen LogP contribution in [0.1, 0.15) is 0 Å². The Hall–Kier alpha value is -6.45. The van der Waals surface area contributed by atoms with Gasteiger partial charge in [-0.3, -0.25) is 4.98 Å². The normalized spacial score (nSPS) is 11.3. The van der Waals surface area contributed by atoms with E-state index < -0.39 is 0 Å². The second kappa shape index (κ2) is 11.7. The minimum absolute atomic E-state index is 0.688. The predicted octanol–water partition coefficient (Wildman–Crippen LogP) is 11.7. The fraction of sp³-hybridized carbons (Fsp3) is 0. The first-order valence-corrected chi connectivity index (χ1v) is 16.2. The highest BCUT2D eigenvalue weighted by molar-refractivity contribution is 6.20. The van der Waals surface area contributed by atoms with E-state index in [1.807, 2.05) is 30.5 Å². The Bertz CT molecular complexity index is 2590. The van der Waals surface area contributed by atoms with Crippen LogP contribution in [0.3, 0.4) is 0 Å². The van der Waals surface area contributed by atoms with Gasteiger partial charge in [-0.2, -0.15) is 0 Å². The van der Waals surface area contributed by atoms with Gasteiger partial charge >= 0.3 is 0 Å². The first kappa shape index (κ1) is 27.8. The summed E-state index contributed by atoms with van der Waals surface area (Å²) >= 11 is 0. The van der Waals surface area contributed by atoms with Crippen LogP contribution in [0.5, 0.6) is 0 Å². The smallest absolute Gasteiger partial charge is 0.160 e. The molecule has 224 valence electrons. The lowest BCUT2D eigenvalue weighted by atomic mass is 9.89. The molecule has 0 spiro atoms. The SMILES string of the molecule is c1ccc(-c2cc(-c3ccc(-c4c5ccccc5cc5c4ccc4ccccc45)cc3)nc(-c3cccc(-c4cccnc4)c3)n2)cc1. The molecule has 0 amide bonds. The largest absolute Gasteiger partial charge is 0.264 e. The van der Waals surface area contributed by atoms with E-state index in [4.69, 9.17) is 9.97 Å². The Morgan fingerprint density at radius 1 is 0.333 bits per heavy atom. The van der Waals surface area contributed by atoms with E-state index in [2.05, 4.69) is 145 Å². The average Bonchev–Trinajstić information content (AvgIpc) is 3.17. The van der Waals surface area contributed by atoms with Crippen molar-refractivity contribution < 1.29 is 0 Å². The monoisotopic (exact) mass is 611 g/mol. The van der Waals surface area contributed by atoms with Crippen LogP contribution < -0.4 is 0 Å². The van der Waals surface area contributed by atoms with Crippen molar-refractivity contribution in [2.75, 3.05) is 0 Å². The molecule has 0 unspecified atom stereocenters. The second-order valence-electron chi connectivity index (χ2n) is 12.1. The van der Waals surface area contributed by atoms with Gasteiger partial charge < -0.3 is 0 Å². The van der Waals surface area contributed by atoms with E-state index in [9.17, 15) is 0 Å². The Morgan fingerprint density at radius 3 is 1.77 bits per heavy atom. The molecule has 48 heavy (non-hydrogen) atoms. The molecule has 3 nitrogen and oxygen atoms in total. The molecular weight excluding hydrogens is 583 g/mol. The summed E-state index contributed by atoms with van der Waals surface area (Å²) in [6.45, 7) is 0. The van der Waals surface area contributed by atoms with Gasteiger partial charge in [-0.15, -0.1) is 0 Å². The summed E-state index contributed by atoms with van der Waals surface area (Å²) in [6.07, 6.45) is 3.68. The number of hydrogen-bond acceptors (Lipinski definition) is 3. The maximum atomic E-state index is 5.14. The molecule has 9 aromatic rings. The molecule has 0 fully saturated rings. The molecule has 2 heterocycles. The summed E-state index contributed by atoms with van der Waals surface area (Å²) in [7, 11) is 0. The molecule has 0 N–H and O–H groups in total. The van der Waals surface area contributed by atoms with Crippen LogP contribution in [0.2, 0.25) is 0 Å². The van der Waals surface area contributed by atoms with Crippen LogP contribution in [0, 0.1) is 0 Å². The molecule has 9 rings (SSSR count). The van der Waals surface area contributed by atoms with Gasteiger partial charge in [0.25, 0.3) is 0 Å². The minimum atomic E-state index is 0.688. The fourth-order valence-corrected chi connectivity index (χ4v) is 6.79. The summed E-state index contributed by atoms with van der Waals surface area (Å²) in [6, 6.07) is 57.9. The number of nitrogens with zero attached hydrogens (tertiary/aromatic N) is 3. The minimum Gasteiger partial charge on any atom is -0.264 e. The molecule has 0 aliphatic carbocycles. The van der Waals surface area contributed by atoms with Gasteiger partial charge in [0.05, 0.1) is 11.4 Å². The van der Waals surface area contributed by atoms with Crippen molar-refractivity contribution in [3.63, 3.8) is 0 Å². The van der Waals surface area contributed by atoms with Crippen LogP contribution in [-0.2, 0) is 0 Å². The van der Waals surface area contributed by atoms with Crippen molar-refractivity contribution >= 4 is 32.3 Å². The fourth-order valence-electron chi connectivity index (χ4n) is 6.79. The van der Waals surface area contributed by atoms with Gasteiger partial charge in [-0.05, 0) is 73.3 Å². The molecule has 0 saturated heterocycles. The van der Waals surface area contributed by atoms with Crippen LogP contribution in [0.4, 0.5) is 0 Å². The molecule has 0 saturated carbocycles. The lowest BCUT2D eigenvalue weighted by molar-refractivity contribution is 1.18. The van der Waals surface area contributed by atoms with E-state index in [0.717, 1.165) is 39.2 Å². The lowest BCUT2D eigenvalue weighted by Gasteiger charge is -2.15. The van der Waals surface area contributed by atoms with Crippen LogP contribution in [0.25, 0.3) is 88.5 Å². The Balaban J connectivity index is 1.19. The summed E-state index contributed by atoms with van der Waals surface area (Å²) < 4.78 is 0. The highest BCUT2D eigenvalue weighted by atomic mass is 14.9. The van der Waals surface area contributed by atoms with Crippen LogP contribution in [-0.4, -0.2) is 15.0 Å². The third kappa shape index (κ3) is 4.99. The molecule has 3 heteroatoms. The maximum absolute atomic E-state index is 5.14. The molecule has 0 bridgehead atoms. The summed E-state index contributed by atoms with van der Waals surface area (Å²) in [5.74, 6) is 0.688. The first-order chi connectivity index (χ1) is 23.8. The van der Waals surface area contributed by atoms with Gasteiger partial charge in [0.1, 0.15) is 0 Å². The molecule has 2 aromatic heterocycles. The summed E-state index contributed by atoms with van der Waals surface area (Å²) in [5.41, 5.74) is 9.39. The van der Waals surface area contributed by atoms with Crippen LogP contribution in [0.15, 0.2) is 176 Å². The number of pyridine rings is 1. The van der Waals surface area contributed by atoms with E-state index in [0.29, 0.717) is 5.82 Å². The lowest BCUT2D eigenvalue weighted by Crippen LogP contribution is -1.96. The van der Waals surface area contributed by atoms with E-state index in [1.54, 1.807) is 6.20 Å². The average molecular weight is 612 g/mol. The maximum Gasteiger partial charge on any atom is 0.160 e. The molecule has 0 aliphatic rings. The number of fused-ring (bicyclic) bond motifs is 4. The molecule has 7 aromatic carbocycles. The Labute approximate surface area is 278 Å².